The molecule has 1 fully saturated rings. The molecule has 1 amide bonds. The Bertz CT molecular complexity index is 1380. The first-order valence-corrected chi connectivity index (χ1v) is 14.5. The highest BCUT2D eigenvalue weighted by Gasteiger charge is 2.35. The molecule has 0 N–H and O–H groups in total. The Morgan fingerprint density at radius 2 is 1.67 bits per heavy atom. The lowest BCUT2D eigenvalue weighted by Gasteiger charge is -2.37. The van der Waals surface area contributed by atoms with E-state index in [9.17, 15) is 9.59 Å². The highest BCUT2D eigenvalue weighted by atomic mass is 19.1. The summed E-state index contributed by atoms with van der Waals surface area (Å²) in [5, 5.41) is 0. The molecule has 42 heavy (non-hydrogen) atoms. The molecule has 1 saturated heterocycles. The molecule has 0 aliphatic carbocycles. The van der Waals surface area contributed by atoms with E-state index in [1.54, 1.807) is 39.0 Å². The summed E-state index contributed by atoms with van der Waals surface area (Å²) in [4.78, 5) is 36.0. The molecule has 0 aromatic heterocycles. The maximum Gasteiger partial charge on any atom is 0.219 e. The number of halogens is 1. The fourth-order valence-corrected chi connectivity index (χ4v) is 5.70. The van der Waals surface area contributed by atoms with Gasteiger partial charge in [-0.15, -0.1) is 0 Å². The van der Waals surface area contributed by atoms with E-state index < -0.39 is 5.82 Å². The summed E-state index contributed by atoms with van der Waals surface area (Å²) >= 11 is 0. The highest BCUT2D eigenvalue weighted by Crippen LogP contribution is 2.42. The number of ketones is 1. The summed E-state index contributed by atoms with van der Waals surface area (Å²) in [6.45, 7) is 14.9. The number of rotatable bonds is 9. The van der Waals surface area contributed by atoms with Gasteiger partial charge in [-0.05, 0) is 43.0 Å². The average molecular weight is 583 g/mol. The predicted molar refractivity (Wildman–Crippen MR) is 162 cm³/mol. The van der Waals surface area contributed by atoms with Crippen LogP contribution in [0.4, 0.5) is 10.1 Å². The van der Waals surface area contributed by atoms with E-state index in [0.29, 0.717) is 67.6 Å². The van der Waals surface area contributed by atoms with Gasteiger partial charge >= 0.3 is 0 Å². The summed E-state index contributed by atoms with van der Waals surface area (Å²) in [5.41, 5.74) is 3.03. The summed E-state index contributed by atoms with van der Waals surface area (Å²) < 4.78 is 33.0. The number of hydrogen-bond acceptors (Lipinski definition) is 7. The number of aliphatic imine (C=N–C) groups is 1. The van der Waals surface area contributed by atoms with Crippen molar-refractivity contribution in [3.8, 4) is 17.2 Å². The second-order valence-electron chi connectivity index (χ2n) is 11.6. The molecule has 0 spiro atoms. The molecule has 0 radical (unpaired) electrons. The normalized spacial score (nSPS) is 16.1. The van der Waals surface area contributed by atoms with E-state index in [-0.39, 0.29) is 36.0 Å². The van der Waals surface area contributed by atoms with Crippen molar-refractivity contribution in [3.63, 3.8) is 0 Å². The van der Waals surface area contributed by atoms with Crippen molar-refractivity contribution in [2.45, 2.75) is 53.5 Å². The van der Waals surface area contributed by atoms with Crippen LogP contribution in [-0.4, -0.2) is 87.4 Å². The molecule has 2 aliphatic heterocycles. The SMILES string of the molecule is CCOc1cc2c(c(F)c1OCC)/C(=N/C)N(CC(=O)c1cc(N3CCN(C(C)=O)CC3)c(OC)c(C(C)(C)C)c1)C2. The van der Waals surface area contributed by atoms with E-state index in [2.05, 4.69) is 30.7 Å². The molecule has 2 aromatic carbocycles. The number of fused-ring (bicyclic) bond motifs is 1. The number of benzene rings is 2. The van der Waals surface area contributed by atoms with Gasteiger partial charge in [-0.2, -0.15) is 0 Å². The van der Waals surface area contributed by atoms with Crippen LogP contribution in [0.3, 0.4) is 0 Å². The van der Waals surface area contributed by atoms with E-state index >= 15 is 4.39 Å². The van der Waals surface area contributed by atoms with Crippen LogP contribution in [0.5, 0.6) is 17.2 Å². The van der Waals surface area contributed by atoms with Crippen LogP contribution in [0.15, 0.2) is 23.2 Å². The van der Waals surface area contributed by atoms with Crippen LogP contribution in [0.1, 0.15) is 68.6 Å². The number of nitrogens with zero attached hydrogens (tertiary/aromatic N) is 4. The maximum absolute atomic E-state index is 15.8. The Kier molecular flexibility index (Phi) is 9.33. The van der Waals surface area contributed by atoms with Crippen molar-refractivity contribution >= 4 is 23.2 Å². The summed E-state index contributed by atoms with van der Waals surface area (Å²) in [6, 6.07) is 5.57. The standard InChI is InChI=1S/C32H43FN4O5/c1-9-41-26-17-22-18-37(31(34-7)27(22)28(33)30(26)42-10-2)19-25(39)21-15-23(32(4,5)6)29(40-8)24(16-21)36-13-11-35(12-14-36)20(3)38/h15-17H,9-14,18-19H2,1-8H3/b34-31-. The minimum atomic E-state index is -0.528. The molecule has 0 atom stereocenters. The van der Waals surface area contributed by atoms with Crippen LogP contribution in [-0.2, 0) is 16.8 Å². The van der Waals surface area contributed by atoms with Crippen molar-refractivity contribution in [2.75, 3.05) is 65.0 Å². The van der Waals surface area contributed by atoms with Crippen LogP contribution < -0.4 is 19.1 Å². The van der Waals surface area contributed by atoms with Crippen molar-refractivity contribution in [1.29, 1.82) is 0 Å². The maximum atomic E-state index is 15.8. The molecule has 4 rings (SSSR count). The number of methoxy groups -OCH3 is 1. The zero-order valence-corrected chi connectivity index (χ0v) is 26.1. The van der Waals surface area contributed by atoms with Gasteiger partial charge < -0.3 is 28.9 Å². The first-order valence-electron chi connectivity index (χ1n) is 14.5. The molecular weight excluding hydrogens is 539 g/mol. The fourth-order valence-electron chi connectivity index (χ4n) is 5.70. The monoisotopic (exact) mass is 582 g/mol. The third-order valence-electron chi connectivity index (χ3n) is 7.76. The molecule has 0 unspecified atom stereocenters. The van der Waals surface area contributed by atoms with Gasteiger partial charge in [0.2, 0.25) is 5.91 Å². The minimum Gasteiger partial charge on any atom is -0.494 e. The van der Waals surface area contributed by atoms with Crippen LogP contribution in [0.25, 0.3) is 0 Å². The van der Waals surface area contributed by atoms with E-state index in [1.807, 2.05) is 24.0 Å². The summed E-state index contributed by atoms with van der Waals surface area (Å²) in [5.74, 6) is 0.958. The molecule has 2 aliphatic rings. The van der Waals surface area contributed by atoms with E-state index in [0.717, 1.165) is 17.0 Å². The van der Waals surface area contributed by atoms with Gasteiger partial charge in [0.15, 0.2) is 23.1 Å². The van der Waals surface area contributed by atoms with Crippen molar-refractivity contribution in [2.24, 2.45) is 4.99 Å². The number of hydrogen-bond donors (Lipinski definition) is 0. The Morgan fingerprint density at radius 3 is 2.21 bits per heavy atom. The molecule has 2 heterocycles. The molecular formula is C32H43FN4O5. The van der Waals surface area contributed by atoms with E-state index in [1.165, 1.54) is 0 Å². The lowest BCUT2D eigenvalue weighted by molar-refractivity contribution is -0.129. The third-order valence-corrected chi connectivity index (χ3v) is 7.76. The molecule has 2 aromatic rings. The first kappa shape index (κ1) is 31.1. The number of Topliss-reactive ketones (excluding diaryl/α,β-unsaturated/α-hetero) is 1. The Morgan fingerprint density at radius 1 is 1.00 bits per heavy atom. The zero-order chi connectivity index (χ0) is 30.8. The van der Waals surface area contributed by atoms with Crippen LogP contribution in [0.2, 0.25) is 0 Å². The third kappa shape index (κ3) is 6.03. The number of carbonyl (C=O) groups excluding carboxylic acids is 2. The molecule has 10 heteroatoms. The van der Waals surface area contributed by atoms with Gasteiger partial charge in [0, 0.05) is 57.8 Å². The van der Waals surface area contributed by atoms with Crippen LogP contribution in [0, 0.1) is 5.82 Å². The Labute approximate surface area is 248 Å². The van der Waals surface area contributed by atoms with Gasteiger partial charge in [0.1, 0.15) is 11.6 Å². The number of amidine groups is 1. The molecule has 228 valence electrons. The zero-order valence-electron chi connectivity index (χ0n) is 26.1. The van der Waals surface area contributed by atoms with Gasteiger partial charge in [-0.25, -0.2) is 4.39 Å². The van der Waals surface area contributed by atoms with Gasteiger partial charge in [-0.3, -0.25) is 14.6 Å². The van der Waals surface area contributed by atoms with Gasteiger partial charge in [-0.1, -0.05) is 20.8 Å². The largest absolute Gasteiger partial charge is 0.494 e. The van der Waals surface area contributed by atoms with E-state index in [4.69, 9.17) is 14.2 Å². The van der Waals surface area contributed by atoms with Crippen molar-refractivity contribution in [3.05, 3.63) is 46.3 Å². The van der Waals surface area contributed by atoms with Crippen LogP contribution >= 0.6 is 0 Å². The number of ether oxygens (including phenoxy) is 3. The number of anilines is 1. The average Bonchev–Trinajstić information content (AvgIpc) is 3.30. The molecule has 0 saturated carbocycles. The lowest BCUT2D eigenvalue weighted by atomic mass is 9.84. The predicted octanol–water partition coefficient (Wildman–Crippen LogP) is 4.67. The molecule has 0 bridgehead atoms. The van der Waals surface area contributed by atoms with Gasteiger partial charge in [0.05, 0.1) is 38.1 Å². The quantitative estimate of drug-likeness (QED) is 0.398. The lowest BCUT2D eigenvalue weighted by Crippen LogP contribution is -2.48. The number of amides is 1. The Hall–Kier alpha value is -3.82. The second-order valence-corrected chi connectivity index (χ2v) is 11.6. The molecule has 9 nitrogen and oxygen atoms in total. The van der Waals surface area contributed by atoms with Gasteiger partial charge in [0.25, 0.3) is 0 Å². The topological polar surface area (TPSA) is 83.9 Å². The Balaban J connectivity index is 1.69. The fraction of sp³-hybridized carbons (Fsp3) is 0.531. The number of carbonyl (C=O) groups is 2. The van der Waals surface area contributed by atoms with Crippen molar-refractivity contribution in [1.82, 2.24) is 9.80 Å². The minimum absolute atomic E-state index is 0.0161. The summed E-state index contributed by atoms with van der Waals surface area (Å²) in [7, 11) is 3.25. The first-order chi connectivity index (χ1) is 19.9. The number of piperazine rings is 1. The smallest absolute Gasteiger partial charge is 0.219 e. The summed E-state index contributed by atoms with van der Waals surface area (Å²) in [6.07, 6.45) is 0. The van der Waals surface area contributed by atoms with Crippen molar-refractivity contribution < 1.29 is 28.2 Å². The highest BCUT2D eigenvalue weighted by molar-refractivity contribution is 6.07. The second kappa shape index (κ2) is 12.6.